The van der Waals surface area contributed by atoms with Crippen LogP contribution < -0.4 is 0 Å². The van der Waals surface area contributed by atoms with Gasteiger partial charge in [0.05, 0.1) is 5.69 Å². The van der Waals surface area contributed by atoms with Gasteiger partial charge in [-0.1, -0.05) is 6.42 Å². The predicted molar refractivity (Wildman–Crippen MR) is 40.1 cm³/mol. The van der Waals surface area contributed by atoms with E-state index in [2.05, 4.69) is 5.10 Å². The highest BCUT2D eigenvalue weighted by Crippen LogP contribution is 2.35. The van der Waals surface area contributed by atoms with Gasteiger partial charge in [0.2, 0.25) is 0 Å². The van der Waals surface area contributed by atoms with E-state index >= 15 is 0 Å². The van der Waals surface area contributed by atoms with Crippen LogP contribution in [0.15, 0.2) is 12.3 Å². The molecule has 4 heteroatoms. The molecule has 0 N–H and O–H groups in total. The molecule has 2 rings (SSSR count). The van der Waals surface area contributed by atoms with Crippen molar-refractivity contribution in [3.63, 3.8) is 0 Å². The molecule has 0 radical (unpaired) electrons. The molecule has 0 atom stereocenters. The normalized spacial score (nSPS) is 18.2. The lowest BCUT2D eigenvalue weighted by Crippen LogP contribution is -2.10. The average Bonchev–Trinajstić information content (AvgIpc) is 2.32. The van der Waals surface area contributed by atoms with Crippen LogP contribution >= 0.6 is 0 Å². The molecule has 0 bridgehead atoms. The summed E-state index contributed by atoms with van der Waals surface area (Å²) in [5, 5.41) is 3.80. The van der Waals surface area contributed by atoms with E-state index in [0.29, 0.717) is 10.6 Å². The van der Waals surface area contributed by atoms with Crippen molar-refractivity contribution in [2.75, 3.05) is 0 Å². The molecule has 0 aromatic carbocycles. The van der Waals surface area contributed by atoms with Crippen LogP contribution in [0, 0.1) is 0 Å². The predicted octanol–water partition coefficient (Wildman–Crippen LogP) is 2.55. The number of hydrogen-bond donors (Lipinski definition) is 0. The first kappa shape index (κ1) is 7.71. The van der Waals surface area contributed by atoms with Gasteiger partial charge in [-0.2, -0.15) is 13.9 Å². The summed E-state index contributed by atoms with van der Waals surface area (Å²) >= 11 is 0. The maximum absolute atomic E-state index is 12.1. The summed E-state index contributed by atoms with van der Waals surface area (Å²) in [7, 11) is 0. The topological polar surface area (TPSA) is 17.8 Å². The number of alkyl halides is 2. The fraction of sp³-hybridized carbons (Fsp3) is 0.625. The van der Waals surface area contributed by atoms with Crippen molar-refractivity contribution < 1.29 is 8.78 Å². The Kier molecular flexibility index (Phi) is 1.83. The highest BCUT2D eigenvalue weighted by atomic mass is 19.3. The zero-order chi connectivity index (χ0) is 8.55. The summed E-state index contributed by atoms with van der Waals surface area (Å²) in [6.07, 6.45) is 4.74. The molecule has 1 heterocycles. The minimum absolute atomic E-state index is 0.435. The van der Waals surface area contributed by atoms with Crippen molar-refractivity contribution in [2.24, 2.45) is 0 Å². The Labute approximate surface area is 69.2 Å². The Morgan fingerprint density at radius 2 is 2.25 bits per heavy atom. The van der Waals surface area contributed by atoms with E-state index in [1.807, 2.05) is 0 Å². The summed E-state index contributed by atoms with van der Waals surface area (Å²) in [6.45, 7) is -2.50. The van der Waals surface area contributed by atoms with Gasteiger partial charge in [0.25, 0.3) is 0 Å². The highest BCUT2D eigenvalue weighted by molar-refractivity contribution is 5.09. The first-order valence-electron chi connectivity index (χ1n) is 4.10. The largest absolute Gasteiger partial charge is 0.333 e. The van der Waals surface area contributed by atoms with Crippen LogP contribution in [-0.2, 0) is 0 Å². The minimum Gasteiger partial charge on any atom is -0.211 e. The smallest absolute Gasteiger partial charge is 0.211 e. The maximum atomic E-state index is 12.1. The van der Waals surface area contributed by atoms with Crippen LogP contribution in [0.2, 0.25) is 0 Å². The molecule has 1 aromatic heterocycles. The summed E-state index contributed by atoms with van der Waals surface area (Å²) in [5.74, 6) is 0.435. The molecule has 1 aliphatic carbocycles. The Morgan fingerprint density at radius 3 is 2.67 bits per heavy atom. The van der Waals surface area contributed by atoms with Crippen LogP contribution in [0.5, 0.6) is 0 Å². The molecule has 1 aromatic rings. The Bertz CT molecular complexity index is 266. The van der Waals surface area contributed by atoms with Crippen molar-refractivity contribution in [1.82, 2.24) is 9.78 Å². The van der Waals surface area contributed by atoms with Crippen molar-refractivity contribution in [1.29, 1.82) is 0 Å². The Hall–Kier alpha value is -0.930. The number of rotatable bonds is 2. The number of nitrogens with zero attached hydrogens (tertiary/aromatic N) is 2. The molecule has 2 nitrogen and oxygen atoms in total. The van der Waals surface area contributed by atoms with Gasteiger partial charge in [-0.25, -0.2) is 4.68 Å². The lowest BCUT2D eigenvalue weighted by molar-refractivity contribution is 0.0558. The minimum atomic E-state index is -2.50. The lowest BCUT2D eigenvalue weighted by atomic mass is 9.83. The molecule has 1 fully saturated rings. The van der Waals surface area contributed by atoms with Crippen LogP contribution in [-0.4, -0.2) is 9.78 Å². The molecule has 0 unspecified atom stereocenters. The standard InChI is InChI=1S/C8H10F2N2/c9-8(10)12-5-4-7(11-12)6-2-1-3-6/h4-6,8H,1-3H2. The van der Waals surface area contributed by atoms with E-state index in [9.17, 15) is 8.78 Å². The zero-order valence-electron chi connectivity index (χ0n) is 6.58. The molecule has 0 aliphatic heterocycles. The second kappa shape index (κ2) is 2.84. The van der Waals surface area contributed by atoms with Gasteiger partial charge >= 0.3 is 6.55 Å². The first-order chi connectivity index (χ1) is 5.77. The number of aromatic nitrogens is 2. The fourth-order valence-corrected chi connectivity index (χ4v) is 1.38. The van der Waals surface area contributed by atoms with Crippen molar-refractivity contribution in [2.45, 2.75) is 31.7 Å². The lowest BCUT2D eigenvalue weighted by Gasteiger charge is -2.22. The summed E-state index contributed by atoms with van der Waals surface area (Å²) in [5.41, 5.74) is 0.821. The SMILES string of the molecule is FC(F)n1ccc(C2CCC2)n1. The van der Waals surface area contributed by atoms with Crippen molar-refractivity contribution >= 4 is 0 Å². The molecule has 1 saturated carbocycles. The molecule has 66 valence electrons. The molecule has 0 saturated heterocycles. The van der Waals surface area contributed by atoms with Crippen LogP contribution in [0.1, 0.15) is 37.4 Å². The van der Waals surface area contributed by atoms with Crippen LogP contribution in [0.4, 0.5) is 8.78 Å². The second-order valence-corrected chi connectivity index (χ2v) is 3.13. The summed E-state index contributed by atoms with van der Waals surface area (Å²) < 4.78 is 24.8. The van der Waals surface area contributed by atoms with Gasteiger partial charge in [0, 0.05) is 12.1 Å². The first-order valence-corrected chi connectivity index (χ1v) is 4.10. The van der Waals surface area contributed by atoms with Crippen LogP contribution in [0.3, 0.4) is 0 Å². The highest BCUT2D eigenvalue weighted by Gasteiger charge is 2.22. The maximum Gasteiger partial charge on any atom is 0.333 e. The third-order valence-corrected chi connectivity index (χ3v) is 2.35. The Balaban J connectivity index is 2.12. The fourth-order valence-electron chi connectivity index (χ4n) is 1.38. The monoisotopic (exact) mass is 172 g/mol. The molecule has 12 heavy (non-hydrogen) atoms. The van der Waals surface area contributed by atoms with E-state index in [1.165, 1.54) is 12.6 Å². The zero-order valence-corrected chi connectivity index (χ0v) is 6.58. The van der Waals surface area contributed by atoms with E-state index in [-0.39, 0.29) is 0 Å². The number of halogens is 2. The van der Waals surface area contributed by atoms with Gasteiger partial charge in [0.1, 0.15) is 0 Å². The second-order valence-electron chi connectivity index (χ2n) is 3.13. The molecular formula is C8H10F2N2. The van der Waals surface area contributed by atoms with E-state index in [4.69, 9.17) is 0 Å². The third kappa shape index (κ3) is 1.21. The van der Waals surface area contributed by atoms with Gasteiger partial charge in [-0.05, 0) is 18.9 Å². The van der Waals surface area contributed by atoms with Gasteiger partial charge in [-0.15, -0.1) is 0 Å². The molecule has 1 aliphatic rings. The average molecular weight is 172 g/mol. The van der Waals surface area contributed by atoms with Crippen LogP contribution in [0.25, 0.3) is 0 Å². The molecule has 0 spiro atoms. The Morgan fingerprint density at radius 1 is 1.50 bits per heavy atom. The van der Waals surface area contributed by atoms with Crippen molar-refractivity contribution in [3.8, 4) is 0 Å². The van der Waals surface area contributed by atoms with E-state index in [0.717, 1.165) is 18.5 Å². The quantitative estimate of drug-likeness (QED) is 0.670. The van der Waals surface area contributed by atoms with Gasteiger partial charge in [0.15, 0.2) is 0 Å². The van der Waals surface area contributed by atoms with E-state index in [1.54, 1.807) is 6.07 Å². The third-order valence-electron chi connectivity index (χ3n) is 2.35. The molecule has 0 amide bonds. The summed E-state index contributed by atoms with van der Waals surface area (Å²) in [6, 6.07) is 1.69. The summed E-state index contributed by atoms with van der Waals surface area (Å²) in [4.78, 5) is 0. The van der Waals surface area contributed by atoms with Crippen molar-refractivity contribution in [3.05, 3.63) is 18.0 Å². The van der Waals surface area contributed by atoms with Gasteiger partial charge < -0.3 is 0 Å². The van der Waals surface area contributed by atoms with Gasteiger partial charge in [-0.3, -0.25) is 0 Å². The van der Waals surface area contributed by atoms with E-state index < -0.39 is 6.55 Å². The molecular weight excluding hydrogens is 162 g/mol. The number of hydrogen-bond acceptors (Lipinski definition) is 1.